The van der Waals surface area contributed by atoms with Crippen molar-refractivity contribution in [3.63, 3.8) is 0 Å². The number of hydrogen-bond donors (Lipinski definition) is 0. The molecule has 3 aromatic rings. The molecule has 0 aromatic heterocycles. The molecule has 0 bridgehead atoms. The number of urea groups is 1. The third-order valence-electron chi connectivity index (χ3n) is 7.93. The van der Waals surface area contributed by atoms with Crippen molar-refractivity contribution in [1.82, 2.24) is 14.7 Å². The zero-order valence-electron chi connectivity index (χ0n) is 21.9. The number of ether oxygens (including phenoxy) is 2. The molecule has 0 N–H and O–H groups in total. The Labute approximate surface area is 218 Å². The SMILES string of the molecule is COCCN1C(=O)N(Cc2cccc(OC)c2)C(=O)C12CCN(Cc1ccc(C)c3ccccc13)CC2. The summed E-state index contributed by atoms with van der Waals surface area (Å²) >= 11 is 0. The third-order valence-corrected chi connectivity index (χ3v) is 7.93. The Bertz CT molecular complexity index is 1300. The summed E-state index contributed by atoms with van der Waals surface area (Å²) in [5.41, 5.74) is 2.62. The number of nitrogens with zero attached hydrogens (tertiary/aromatic N) is 3. The van der Waals surface area contributed by atoms with Gasteiger partial charge in [0.2, 0.25) is 0 Å². The van der Waals surface area contributed by atoms with E-state index in [-0.39, 0.29) is 18.5 Å². The zero-order chi connectivity index (χ0) is 26.0. The molecule has 2 aliphatic rings. The van der Waals surface area contributed by atoms with E-state index in [0.717, 1.165) is 25.2 Å². The van der Waals surface area contributed by atoms with E-state index < -0.39 is 5.54 Å². The fourth-order valence-electron chi connectivity index (χ4n) is 5.82. The maximum atomic E-state index is 13.9. The normalized spacial score (nSPS) is 17.8. The Morgan fingerprint density at radius 2 is 1.65 bits per heavy atom. The highest BCUT2D eigenvalue weighted by Gasteiger charge is 2.57. The van der Waals surface area contributed by atoms with Gasteiger partial charge in [-0.1, -0.05) is 48.5 Å². The number of benzene rings is 3. The number of fused-ring (bicyclic) bond motifs is 1. The lowest BCUT2D eigenvalue weighted by Gasteiger charge is -2.42. The van der Waals surface area contributed by atoms with E-state index in [2.05, 4.69) is 48.2 Å². The molecule has 0 radical (unpaired) electrons. The zero-order valence-corrected chi connectivity index (χ0v) is 21.9. The van der Waals surface area contributed by atoms with Gasteiger partial charge in [0, 0.05) is 33.3 Å². The van der Waals surface area contributed by atoms with Crippen molar-refractivity contribution in [3.8, 4) is 5.75 Å². The van der Waals surface area contributed by atoms with Crippen molar-refractivity contribution in [2.24, 2.45) is 0 Å². The summed E-state index contributed by atoms with van der Waals surface area (Å²) < 4.78 is 10.6. The van der Waals surface area contributed by atoms with Crippen molar-refractivity contribution in [1.29, 1.82) is 0 Å². The van der Waals surface area contributed by atoms with E-state index in [1.165, 1.54) is 26.8 Å². The van der Waals surface area contributed by atoms with Crippen LogP contribution < -0.4 is 4.74 Å². The monoisotopic (exact) mass is 501 g/mol. The highest BCUT2D eigenvalue weighted by molar-refractivity contribution is 6.07. The van der Waals surface area contributed by atoms with Gasteiger partial charge in [0.15, 0.2) is 0 Å². The molecular formula is C30H35N3O4. The Morgan fingerprint density at radius 3 is 2.38 bits per heavy atom. The van der Waals surface area contributed by atoms with Gasteiger partial charge >= 0.3 is 6.03 Å². The molecule has 7 heteroatoms. The fraction of sp³-hybridized carbons (Fsp3) is 0.400. The molecule has 1 spiro atoms. The fourth-order valence-corrected chi connectivity index (χ4v) is 5.82. The Balaban J connectivity index is 1.35. The minimum absolute atomic E-state index is 0.100. The van der Waals surface area contributed by atoms with Gasteiger partial charge in [0.1, 0.15) is 11.3 Å². The standard InChI is InChI=1S/C30H35N3O4/c1-22-11-12-24(27-10-5-4-9-26(22)27)21-31-15-13-30(14-16-31)28(34)32(29(35)33(30)17-18-36-2)20-23-7-6-8-25(19-23)37-3/h4-12,19H,13-18,20-21H2,1-3H3. The Morgan fingerprint density at radius 1 is 0.892 bits per heavy atom. The van der Waals surface area contributed by atoms with Crippen LogP contribution in [0.2, 0.25) is 0 Å². The molecule has 0 unspecified atom stereocenters. The molecule has 0 atom stereocenters. The number of hydrogen-bond acceptors (Lipinski definition) is 5. The van der Waals surface area contributed by atoms with E-state index >= 15 is 0 Å². The van der Waals surface area contributed by atoms with Crippen molar-refractivity contribution in [2.75, 3.05) is 40.5 Å². The van der Waals surface area contributed by atoms with Crippen LogP contribution in [0.1, 0.15) is 29.5 Å². The number of piperidine rings is 1. The van der Waals surface area contributed by atoms with Crippen molar-refractivity contribution in [3.05, 3.63) is 77.4 Å². The van der Waals surface area contributed by atoms with Crippen LogP contribution in [0.3, 0.4) is 0 Å². The van der Waals surface area contributed by atoms with Crippen LogP contribution >= 0.6 is 0 Å². The molecule has 3 aromatic carbocycles. The minimum Gasteiger partial charge on any atom is -0.497 e. The molecule has 0 saturated carbocycles. The topological polar surface area (TPSA) is 62.3 Å². The highest BCUT2D eigenvalue weighted by atomic mass is 16.5. The van der Waals surface area contributed by atoms with Gasteiger partial charge in [-0.15, -0.1) is 0 Å². The van der Waals surface area contributed by atoms with Gasteiger partial charge in [-0.25, -0.2) is 4.79 Å². The minimum atomic E-state index is -0.819. The maximum Gasteiger partial charge on any atom is 0.328 e. The average Bonchev–Trinajstić information content (AvgIpc) is 3.11. The van der Waals surface area contributed by atoms with Crippen LogP contribution in [0, 0.1) is 6.92 Å². The van der Waals surface area contributed by atoms with Gasteiger partial charge in [-0.2, -0.15) is 0 Å². The van der Waals surface area contributed by atoms with Crippen molar-refractivity contribution < 1.29 is 19.1 Å². The first-order chi connectivity index (χ1) is 18.0. The van der Waals surface area contributed by atoms with Gasteiger partial charge in [-0.3, -0.25) is 14.6 Å². The second kappa shape index (κ2) is 10.5. The number of imide groups is 1. The Kier molecular flexibility index (Phi) is 7.17. The summed E-state index contributed by atoms with van der Waals surface area (Å²) in [4.78, 5) is 33.0. The number of amides is 3. The van der Waals surface area contributed by atoms with Crippen molar-refractivity contribution >= 4 is 22.7 Å². The lowest BCUT2D eigenvalue weighted by Crippen LogP contribution is -2.57. The predicted octanol–water partition coefficient (Wildman–Crippen LogP) is 4.60. The number of carbonyl (C=O) groups is 2. The number of aryl methyl sites for hydroxylation is 1. The first-order valence-electron chi connectivity index (χ1n) is 12.9. The molecule has 194 valence electrons. The molecule has 3 amide bonds. The molecular weight excluding hydrogens is 466 g/mol. The molecule has 0 aliphatic carbocycles. The van der Waals surface area contributed by atoms with Gasteiger partial charge in [0.25, 0.3) is 5.91 Å². The van der Waals surface area contributed by atoms with Crippen LogP contribution in [-0.2, 0) is 22.6 Å². The van der Waals surface area contributed by atoms with Crippen LogP contribution in [0.5, 0.6) is 5.75 Å². The quantitative estimate of drug-likeness (QED) is 0.422. The molecule has 2 heterocycles. The van der Waals surface area contributed by atoms with Gasteiger partial charge < -0.3 is 14.4 Å². The van der Waals surface area contributed by atoms with Gasteiger partial charge in [-0.05, 0) is 59.4 Å². The largest absolute Gasteiger partial charge is 0.497 e. The van der Waals surface area contributed by atoms with E-state index in [1.54, 1.807) is 19.1 Å². The second-order valence-corrected chi connectivity index (χ2v) is 10.1. The summed E-state index contributed by atoms with van der Waals surface area (Å²) in [7, 11) is 3.23. The highest BCUT2D eigenvalue weighted by Crippen LogP contribution is 2.38. The lowest BCUT2D eigenvalue weighted by molar-refractivity contribution is -0.136. The third kappa shape index (κ3) is 4.69. The van der Waals surface area contributed by atoms with E-state index in [1.807, 2.05) is 24.3 Å². The smallest absolute Gasteiger partial charge is 0.328 e. The maximum absolute atomic E-state index is 13.9. The van der Waals surface area contributed by atoms with Gasteiger partial charge in [0.05, 0.1) is 20.3 Å². The lowest BCUT2D eigenvalue weighted by atomic mass is 9.85. The van der Waals surface area contributed by atoms with E-state index in [0.29, 0.717) is 31.7 Å². The predicted molar refractivity (Wildman–Crippen MR) is 143 cm³/mol. The summed E-state index contributed by atoms with van der Waals surface area (Å²) in [5.74, 6) is 0.608. The number of likely N-dealkylation sites (tertiary alicyclic amines) is 1. The first-order valence-corrected chi connectivity index (χ1v) is 12.9. The molecule has 37 heavy (non-hydrogen) atoms. The summed E-state index contributed by atoms with van der Waals surface area (Å²) in [6.07, 6.45) is 1.22. The summed E-state index contributed by atoms with van der Waals surface area (Å²) in [5, 5.41) is 2.56. The molecule has 5 rings (SSSR count). The summed E-state index contributed by atoms with van der Waals surface area (Å²) in [6, 6.07) is 20.2. The molecule has 2 aliphatic heterocycles. The Hall–Kier alpha value is -3.42. The number of carbonyl (C=O) groups excluding carboxylic acids is 2. The van der Waals surface area contributed by atoms with E-state index in [4.69, 9.17) is 9.47 Å². The molecule has 7 nitrogen and oxygen atoms in total. The van der Waals surface area contributed by atoms with Crippen LogP contribution in [0.4, 0.5) is 4.79 Å². The van der Waals surface area contributed by atoms with Crippen LogP contribution in [0.25, 0.3) is 10.8 Å². The van der Waals surface area contributed by atoms with E-state index in [9.17, 15) is 9.59 Å². The number of methoxy groups -OCH3 is 2. The average molecular weight is 502 g/mol. The van der Waals surface area contributed by atoms with Crippen LogP contribution in [0.15, 0.2) is 60.7 Å². The molecule has 2 fully saturated rings. The molecule has 2 saturated heterocycles. The number of rotatable bonds is 8. The second-order valence-electron chi connectivity index (χ2n) is 10.1. The summed E-state index contributed by atoms with van der Waals surface area (Å²) in [6.45, 7) is 5.50. The first kappa shape index (κ1) is 25.2. The van der Waals surface area contributed by atoms with Crippen LogP contribution in [-0.4, -0.2) is 72.6 Å². The van der Waals surface area contributed by atoms with Crippen molar-refractivity contribution in [2.45, 2.75) is 38.4 Å².